The van der Waals surface area contributed by atoms with Crippen LogP contribution in [0.15, 0.2) is 67.0 Å². The van der Waals surface area contributed by atoms with Crippen molar-refractivity contribution in [2.24, 2.45) is 5.92 Å². The molecule has 0 atom stereocenters. The summed E-state index contributed by atoms with van der Waals surface area (Å²) in [4.78, 5) is 21.2. The van der Waals surface area contributed by atoms with Gasteiger partial charge < -0.3 is 4.90 Å². The van der Waals surface area contributed by atoms with Crippen LogP contribution in [-0.2, 0) is 17.9 Å². The maximum Gasteiger partial charge on any atom is 0.222 e. The first-order valence-electron chi connectivity index (χ1n) is 11.0. The first-order chi connectivity index (χ1) is 14.7. The van der Waals surface area contributed by atoms with E-state index in [1.54, 1.807) is 0 Å². The van der Waals surface area contributed by atoms with E-state index in [1.165, 1.54) is 34.7 Å². The van der Waals surface area contributed by atoms with Crippen molar-refractivity contribution in [3.05, 3.63) is 78.1 Å². The molecule has 2 heterocycles. The molecule has 1 fully saturated rings. The van der Waals surface area contributed by atoms with E-state index in [2.05, 4.69) is 46.3 Å². The van der Waals surface area contributed by atoms with Crippen molar-refractivity contribution in [2.45, 2.75) is 38.8 Å². The maximum absolute atomic E-state index is 12.5. The zero-order valence-electron chi connectivity index (χ0n) is 17.8. The number of hydrogen-bond acceptors (Lipinski definition) is 3. The highest BCUT2D eigenvalue weighted by molar-refractivity contribution is 5.84. The van der Waals surface area contributed by atoms with Crippen molar-refractivity contribution >= 4 is 16.7 Å². The lowest BCUT2D eigenvalue weighted by molar-refractivity contribution is -0.130. The van der Waals surface area contributed by atoms with E-state index in [1.807, 2.05) is 42.5 Å². The lowest BCUT2D eigenvalue weighted by Crippen LogP contribution is -2.34. The van der Waals surface area contributed by atoms with Crippen molar-refractivity contribution < 1.29 is 4.79 Å². The van der Waals surface area contributed by atoms with Gasteiger partial charge in [0.2, 0.25) is 5.91 Å². The van der Waals surface area contributed by atoms with Crippen LogP contribution < -0.4 is 0 Å². The van der Waals surface area contributed by atoms with Gasteiger partial charge >= 0.3 is 0 Å². The molecule has 1 aliphatic rings. The second-order valence-corrected chi connectivity index (χ2v) is 8.51. The summed E-state index contributed by atoms with van der Waals surface area (Å²) in [6.07, 6.45) is 7.85. The number of carbonyl (C=O) groups is 1. The molecule has 4 rings (SSSR count). The minimum absolute atomic E-state index is 0.255. The quantitative estimate of drug-likeness (QED) is 0.566. The molecule has 0 aliphatic carbocycles. The Hall–Kier alpha value is -2.72. The Morgan fingerprint density at radius 2 is 1.87 bits per heavy atom. The van der Waals surface area contributed by atoms with Gasteiger partial charge in [0.25, 0.3) is 0 Å². The van der Waals surface area contributed by atoms with Crippen LogP contribution in [0, 0.1) is 5.92 Å². The molecule has 1 saturated heterocycles. The fourth-order valence-corrected chi connectivity index (χ4v) is 4.47. The number of likely N-dealkylation sites (tertiary alicyclic amines) is 1. The topological polar surface area (TPSA) is 36.4 Å². The molecule has 0 spiro atoms. The summed E-state index contributed by atoms with van der Waals surface area (Å²) >= 11 is 0. The van der Waals surface area contributed by atoms with Crippen LogP contribution in [0.4, 0.5) is 0 Å². The fourth-order valence-electron chi connectivity index (χ4n) is 4.47. The average molecular weight is 402 g/mol. The van der Waals surface area contributed by atoms with E-state index in [0.717, 1.165) is 26.1 Å². The summed E-state index contributed by atoms with van der Waals surface area (Å²) in [6, 6.07) is 18.8. The molecule has 1 aliphatic heterocycles. The molecule has 2 aromatic carbocycles. The Balaban J connectivity index is 1.22. The molecule has 0 unspecified atom stereocenters. The number of piperidine rings is 1. The Bertz CT molecular complexity index is 959. The van der Waals surface area contributed by atoms with E-state index in [9.17, 15) is 4.79 Å². The van der Waals surface area contributed by atoms with Gasteiger partial charge in [0.05, 0.1) is 0 Å². The molecule has 0 N–H and O–H groups in total. The molecule has 156 valence electrons. The minimum Gasteiger partial charge on any atom is -0.341 e. The third kappa shape index (κ3) is 5.25. The maximum atomic E-state index is 12.5. The van der Waals surface area contributed by atoms with Crippen LogP contribution in [0.2, 0.25) is 0 Å². The molecule has 30 heavy (non-hydrogen) atoms. The standard InChI is InChI=1S/C26H31N3O/c1-28(19-22-6-3-2-4-7-22)26(30)11-10-21-13-16-29(17-14-21)20-24-9-5-8-23-18-27-15-12-25(23)24/h2-9,12,15,18,21H,10-11,13-14,16-17,19-20H2,1H3. The van der Waals surface area contributed by atoms with Crippen molar-refractivity contribution in [2.75, 3.05) is 20.1 Å². The zero-order chi connectivity index (χ0) is 20.8. The smallest absolute Gasteiger partial charge is 0.222 e. The number of nitrogens with zero attached hydrogens (tertiary/aromatic N) is 3. The highest BCUT2D eigenvalue weighted by Gasteiger charge is 2.21. The zero-order valence-corrected chi connectivity index (χ0v) is 17.8. The van der Waals surface area contributed by atoms with Crippen molar-refractivity contribution in [3.63, 3.8) is 0 Å². The fraction of sp³-hybridized carbons (Fsp3) is 0.385. The summed E-state index contributed by atoms with van der Waals surface area (Å²) in [6.45, 7) is 3.91. The number of rotatable bonds is 7. The summed E-state index contributed by atoms with van der Waals surface area (Å²) in [5.41, 5.74) is 2.57. The Morgan fingerprint density at radius 1 is 1.07 bits per heavy atom. The number of aromatic nitrogens is 1. The van der Waals surface area contributed by atoms with Crippen LogP contribution in [0.5, 0.6) is 0 Å². The second-order valence-electron chi connectivity index (χ2n) is 8.51. The SMILES string of the molecule is CN(Cc1ccccc1)C(=O)CCC1CCN(Cc2cccc3cnccc23)CC1. The summed E-state index contributed by atoms with van der Waals surface area (Å²) in [5.74, 6) is 0.915. The predicted molar refractivity (Wildman–Crippen MR) is 122 cm³/mol. The van der Waals surface area contributed by atoms with Gasteiger partial charge in [-0.2, -0.15) is 0 Å². The number of fused-ring (bicyclic) bond motifs is 1. The van der Waals surface area contributed by atoms with Gasteiger partial charge in [0.15, 0.2) is 0 Å². The van der Waals surface area contributed by atoms with Gasteiger partial charge in [-0.3, -0.25) is 14.7 Å². The van der Waals surface area contributed by atoms with Crippen molar-refractivity contribution in [3.8, 4) is 0 Å². The largest absolute Gasteiger partial charge is 0.341 e. The molecule has 1 amide bonds. The van der Waals surface area contributed by atoms with E-state index in [-0.39, 0.29) is 5.91 Å². The molecule has 0 radical (unpaired) electrons. The van der Waals surface area contributed by atoms with Gasteiger partial charge in [-0.05, 0) is 60.8 Å². The molecule has 4 heteroatoms. The summed E-state index contributed by atoms with van der Waals surface area (Å²) in [7, 11) is 1.91. The highest BCUT2D eigenvalue weighted by Crippen LogP contribution is 2.25. The third-order valence-electron chi connectivity index (χ3n) is 6.33. The molecule has 0 saturated carbocycles. The van der Waals surface area contributed by atoms with Crippen molar-refractivity contribution in [1.29, 1.82) is 0 Å². The van der Waals surface area contributed by atoms with E-state index in [4.69, 9.17) is 0 Å². The first-order valence-corrected chi connectivity index (χ1v) is 11.0. The molecule has 1 aromatic heterocycles. The molecule has 3 aromatic rings. The monoisotopic (exact) mass is 401 g/mol. The average Bonchev–Trinajstić information content (AvgIpc) is 2.79. The summed E-state index contributed by atoms with van der Waals surface area (Å²) < 4.78 is 0. The van der Waals surface area contributed by atoms with Gasteiger partial charge in [0, 0.05) is 44.3 Å². The molecule has 0 bridgehead atoms. The van der Waals surface area contributed by atoms with Crippen LogP contribution in [0.3, 0.4) is 0 Å². The van der Waals surface area contributed by atoms with E-state index in [0.29, 0.717) is 18.9 Å². The van der Waals surface area contributed by atoms with Gasteiger partial charge in [-0.15, -0.1) is 0 Å². The van der Waals surface area contributed by atoms with Crippen LogP contribution in [0.1, 0.15) is 36.8 Å². The van der Waals surface area contributed by atoms with E-state index < -0.39 is 0 Å². The minimum atomic E-state index is 0.255. The molecular weight excluding hydrogens is 370 g/mol. The number of carbonyl (C=O) groups excluding carboxylic acids is 1. The third-order valence-corrected chi connectivity index (χ3v) is 6.33. The number of benzene rings is 2. The van der Waals surface area contributed by atoms with Gasteiger partial charge in [-0.1, -0.05) is 48.5 Å². The lowest BCUT2D eigenvalue weighted by Gasteiger charge is -2.32. The number of pyridine rings is 1. The first kappa shape index (κ1) is 20.5. The second kappa shape index (κ2) is 9.86. The van der Waals surface area contributed by atoms with Crippen LogP contribution in [-0.4, -0.2) is 40.8 Å². The molecule has 4 nitrogen and oxygen atoms in total. The Morgan fingerprint density at radius 3 is 2.67 bits per heavy atom. The molecular formula is C26H31N3O. The van der Waals surface area contributed by atoms with Crippen LogP contribution >= 0.6 is 0 Å². The predicted octanol–water partition coefficient (Wildman–Crippen LogP) is 4.89. The van der Waals surface area contributed by atoms with E-state index >= 15 is 0 Å². The highest BCUT2D eigenvalue weighted by atomic mass is 16.2. The summed E-state index contributed by atoms with van der Waals surface area (Å²) in [5, 5.41) is 2.52. The lowest BCUT2D eigenvalue weighted by atomic mass is 9.91. The normalized spacial score (nSPS) is 15.4. The van der Waals surface area contributed by atoms with Gasteiger partial charge in [-0.25, -0.2) is 0 Å². The Labute approximate surface area is 179 Å². The number of hydrogen-bond donors (Lipinski definition) is 0. The van der Waals surface area contributed by atoms with Gasteiger partial charge in [0.1, 0.15) is 0 Å². The van der Waals surface area contributed by atoms with Crippen LogP contribution in [0.25, 0.3) is 10.8 Å². The van der Waals surface area contributed by atoms with Crippen molar-refractivity contribution in [1.82, 2.24) is 14.8 Å². The number of amides is 1. The Kier molecular flexibility index (Phi) is 6.75.